The molecular weight excluding hydrogens is 615 g/mol. The van der Waals surface area contributed by atoms with E-state index < -0.39 is 0 Å². The van der Waals surface area contributed by atoms with Gasteiger partial charge in [0.25, 0.3) is 0 Å². The van der Waals surface area contributed by atoms with Crippen LogP contribution in [0.1, 0.15) is 5.48 Å². The summed E-state index contributed by atoms with van der Waals surface area (Å²) >= 11 is 0. The molecule has 1 heteroatoms. The molecule has 9 aromatic carbocycles. The molecule has 0 N–H and O–H groups in total. The topological polar surface area (TPSA) is 4.41 Å². The molecule has 0 radical (unpaired) electrons. The van der Waals surface area contributed by atoms with E-state index in [0.29, 0.717) is 10.8 Å². The van der Waals surface area contributed by atoms with E-state index >= 15 is 0 Å². The van der Waals surface area contributed by atoms with Gasteiger partial charge < -0.3 is 4.40 Å². The Bertz CT molecular complexity index is 3210. The second-order valence-electron chi connectivity index (χ2n) is 13.3. The van der Waals surface area contributed by atoms with Crippen LogP contribution in [0.25, 0.3) is 104 Å². The maximum absolute atomic E-state index is 9.70. The summed E-state index contributed by atoms with van der Waals surface area (Å²) in [6.45, 7) is 0. The third-order valence-electron chi connectivity index (χ3n) is 10.6. The van der Waals surface area contributed by atoms with Crippen LogP contribution in [0, 0.1) is 0 Å². The molecule has 0 bridgehead atoms. The van der Waals surface area contributed by atoms with Crippen LogP contribution in [0.5, 0.6) is 0 Å². The molecule has 51 heavy (non-hydrogen) atoms. The fraction of sp³-hybridized carbons (Fsp3) is 0. The number of para-hydroxylation sites is 2. The van der Waals surface area contributed by atoms with Gasteiger partial charge in [0.15, 0.2) is 0 Å². The van der Waals surface area contributed by atoms with Crippen molar-refractivity contribution in [2.75, 3.05) is 0 Å². The molecule has 0 aliphatic heterocycles. The maximum Gasteiger partial charge on any atom is 0.0629 e. The van der Waals surface area contributed by atoms with Gasteiger partial charge in [-0.3, -0.25) is 0 Å². The second-order valence-corrected chi connectivity index (χ2v) is 13.3. The predicted molar refractivity (Wildman–Crippen MR) is 218 cm³/mol. The second kappa shape index (κ2) is 10.9. The molecule has 0 unspecified atom stereocenters. The van der Waals surface area contributed by atoms with Gasteiger partial charge in [-0.1, -0.05) is 164 Å². The Morgan fingerprint density at radius 3 is 1.33 bits per heavy atom. The van der Waals surface area contributed by atoms with Crippen LogP contribution in [0.4, 0.5) is 0 Å². The first-order chi connectivity index (χ1) is 27.0. The van der Waals surface area contributed by atoms with Crippen molar-refractivity contribution in [3.8, 4) is 44.5 Å². The van der Waals surface area contributed by atoms with Crippen molar-refractivity contribution in [1.82, 2.24) is 4.40 Å². The monoisotopic (exact) mass is 649 g/mol. The van der Waals surface area contributed by atoms with E-state index in [1.165, 1.54) is 0 Å². The highest BCUT2D eigenvalue weighted by atomic mass is 14.9. The first-order valence-electron chi connectivity index (χ1n) is 19.4. The van der Waals surface area contributed by atoms with Crippen molar-refractivity contribution in [3.63, 3.8) is 0 Å². The summed E-state index contributed by atoms with van der Waals surface area (Å²) in [5, 5.41) is 7.40. The molecule has 1 nitrogen and oxygen atoms in total. The number of benzene rings is 9. The molecule has 2 aromatic heterocycles. The lowest BCUT2D eigenvalue weighted by molar-refractivity contribution is 1.37. The van der Waals surface area contributed by atoms with Gasteiger partial charge in [-0.15, -0.1) is 0 Å². The molecule has 0 spiro atoms. The minimum atomic E-state index is -0.246. The molecule has 0 saturated carbocycles. The Labute approximate surface area is 301 Å². The molecule has 0 fully saturated rings. The van der Waals surface area contributed by atoms with Gasteiger partial charge in [-0.05, 0) is 90.3 Å². The average molecular weight is 650 g/mol. The Hall–Kier alpha value is -6.70. The van der Waals surface area contributed by atoms with Crippen LogP contribution >= 0.6 is 0 Å². The highest BCUT2D eigenvalue weighted by Gasteiger charge is 2.24. The molecule has 11 aromatic rings. The smallest absolute Gasteiger partial charge is 0.0629 e. The quantitative estimate of drug-likeness (QED) is 0.167. The maximum atomic E-state index is 9.70. The van der Waals surface area contributed by atoms with Gasteiger partial charge in [-0.2, -0.15) is 0 Å². The van der Waals surface area contributed by atoms with E-state index in [0.717, 1.165) is 93.4 Å². The van der Waals surface area contributed by atoms with Gasteiger partial charge in [0.1, 0.15) is 0 Å². The van der Waals surface area contributed by atoms with Crippen molar-refractivity contribution in [2.45, 2.75) is 0 Å². The largest absolute Gasteiger partial charge is 0.308 e. The van der Waals surface area contributed by atoms with E-state index in [1.54, 1.807) is 0 Å². The van der Waals surface area contributed by atoms with Gasteiger partial charge in [0.05, 0.1) is 22.0 Å². The molecule has 0 aliphatic rings. The third kappa shape index (κ3) is 4.03. The Balaban J connectivity index is 1.37. The van der Waals surface area contributed by atoms with E-state index in [4.69, 9.17) is 2.74 Å². The van der Waals surface area contributed by atoms with E-state index in [2.05, 4.69) is 120 Å². The average Bonchev–Trinajstić information content (AvgIpc) is 3.76. The number of fused-ring (bicyclic) bond motifs is 8. The van der Waals surface area contributed by atoms with Crippen molar-refractivity contribution in [1.29, 1.82) is 0 Å². The van der Waals surface area contributed by atoms with Crippen LogP contribution in [-0.4, -0.2) is 4.40 Å². The predicted octanol–water partition coefficient (Wildman–Crippen LogP) is 13.8. The van der Waals surface area contributed by atoms with Crippen molar-refractivity contribution >= 4 is 59.6 Å². The minimum absolute atomic E-state index is 0.0456. The van der Waals surface area contributed by atoms with E-state index in [1.807, 2.05) is 48.5 Å². The Morgan fingerprint density at radius 2 is 0.784 bits per heavy atom. The Morgan fingerprint density at radius 1 is 0.333 bits per heavy atom. The molecular formula is C50H31N. The normalized spacial score (nSPS) is 13.0. The van der Waals surface area contributed by atoms with Crippen LogP contribution in [0.3, 0.4) is 0 Å². The Kier molecular flexibility index (Phi) is 5.22. The zero-order valence-electron chi connectivity index (χ0n) is 31.5. The summed E-state index contributed by atoms with van der Waals surface area (Å²) in [5.74, 6) is 0. The van der Waals surface area contributed by atoms with Crippen molar-refractivity contribution < 1.29 is 5.48 Å². The molecule has 0 amide bonds. The molecule has 0 aliphatic carbocycles. The fourth-order valence-corrected chi connectivity index (χ4v) is 8.57. The molecule has 11 rings (SSSR count). The van der Waals surface area contributed by atoms with Gasteiger partial charge in [0, 0.05) is 21.5 Å². The molecule has 0 atom stereocenters. The highest BCUT2D eigenvalue weighted by Crippen LogP contribution is 2.50. The van der Waals surface area contributed by atoms with Crippen LogP contribution in [-0.2, 0) is 0 Å². The summed E-state index contributed by atoms with van der Waals surface area (Å²) in [6, 6.07) is 56.1. The fourth-order valence-electron chi connectivity index (χ4n) is 8.57. The van der Waals surface area contributed by atoms with Crippen molar-refractivity contribution in [2.24, 2.45) is 0 Å². The van der Waals surface area contributed by atoms with Crippen molar-refractivity contribution in [3.05, 3.63) is 188 Å². The molecule has 0 saturated heterocycles. The van der Waals surface area contributed by atoms with Gasteiger partial charge in [0.2, 0.25) is 0 Å². The number of hydrogen-bond donors (Lipinski definition) is 0. The van der Waals surface area contributed by atoms with E-state index in [9.17, 15) is 2.74 Å². The number of nitrogens with zero attached hydrogens (tertiary/aromatic N) is 1. The zero-order valence-corrected chi connectivity index (χ0v) is 27.5. The van der Waals surface area contributed by atoms with E-state index in [-0.39, 0.29) is 24.2 Å². The summed E-state index contributed by atoms with van der Waals surface area (Å²) < 4.78 is 39.9. The SMILES string of the molecule is [2H]c1c([2H])c([2H])c2c(-c3c(-c4ccccc4)cccc3-c3ccccc3)c3ccccc3c(-c3cc4c5ccccc5n5c6ccccc6c(c3)c45)c2c1[2H]. The minimum Gasteiger partial charge on any atom is -0.308 e. The first-order valence-corrected chi connectivity index (χ1v) is 17.4. The number of rotatable bonds is 4. The summed E-state index contributed by atoms with van der Waals surface area (Å²) in [7, 11) is 0. The summed E-state index contributed by atoms with van der Waals surface area (Å²) in [5.41, 5.74) is 10.9. The van der Waals surface area contributed by atoms with Gasteiger partial charge in [-0.25, -0.2) is 0 Å². The molecule has 236 valence electrons. The number of hydrogen-bond acceptors (Lipinski definition) is 0. The first kappa shape index (κ1) is 24.4. The van der Waals surface area contributed by atoms with Crippen LogP contribution in [0.15, 0.2) is 188 Å². The van der Waals surface area contributed by atoms with Crippen LogP contribution < -0.4 is 0 Å². The van der Waals surface area contributed by atoms with Gasteiger partial charge >= 0.3 is 0 Å². The van der Waals surface area contributed by atoms with Crippen LogP contribution in [0.2, 0.25) is 0 Å². The lowest BCUT2D eigenvalue weighted by Crippen LogP contribution is -1.95. The molecule has 2 heterocycles. The number of aromatic nitrogens is 1. The zero-order chi connectivity index (χ0) is 36.9. The highest BCUT2D eigenvalue weighted by molar-refractivity contribution is 6.28. The summed E-state index contributed by atoms with van der Waals surface area (Å²) in [6.07, 6.45) is 0. The third-order valence-corrected chi connectivity index (χ3v) is 10.6. The standard InChI is InChI=1S/C50H31N/c1-3-16-32(17-4-1)35-26-15-27-36(33-18-5-2-6-19-33)48(35)49-41-24-9-7-22-39(41)47(40-23-8-10-25-42(40)49)34-30-43-37-20-11-13-28-45(37)51-46-29-14-12-21-38(46)44(31-34)50(43)51/h1-31H/i7D,9D,22D,24D. The lowest BCUT2D eigenvalue weighted by atomic mass is 9.81. The lowest BCUT2D eigenvalue weighted by Gasteiger charge is -2.22. The summed E-state index contributed by atoms with van der Waals surface area (Å²) in [4.78, 5) is 0.